The SMILES string of the molecule is CNCCC#Cc1cnc2c(N)nccn12.Cl.Cl.Cl. The molecule has 0 aliphatic heterocycles. The summed E-state index contributed by atoms with van der Waals surface area (Å²) < 4.78 is 1.84. The fourth-order valence-corrected chi connectivity index (χ4v) is 1.37. The predicted molar refractivity (Wildman–Crippen MR) is 84.6 cm³/mol. The first-order valence-corrected chi connectivity index (χ1v) is 5.04. The average Bonchev–Trinajstić information content (AvgIpc) is 2.70. The highest BCUT2D eigenvalue weighted by molar-refractivity contribution is 5.86. The topological polar surface area (TPSA) is 68.2 Å². The lowest BCUT2D eigenvalue weighted by atomic mass is 10.4. The van der Waals surface area contributed by atoms with E-state index in [1.54, 1.807) is 18.6 Å². The van der Waals surface area contributed by atoms with Gasteiger partial charge in [0.05, 0.1) is 6.20 Å². The Morgan fingerprint density at radius 1 is 1.32 bits per heavy atom. The minimum atomic E-state index is 0. The fraction of sp³-hybridized carbons (Fsp3) is 0.273. The van der Waals surface area contributed by atoms with Gasteiger partial charge in [-0.25, -0.2) is 9.97 Å². The number of hydrogen-bond donors (Lipinski definition) is 2. The number of aromatic nitrogens is 3. The van der Waals surface area contributed by atoms with Crippen molar-refractivity contribution in [2.75, 3.05) is 19.3 Å². The summed E-state index contributed by atoms with van der Waals surface area (Å²) in [6, 6.07) is 0. The number of imidazole rings is 1. The Morgan fingerprint density at radius 2 is 2.05 bits per heavy atom. The van der Waals surface area contributed by atoms with E-state index in [1.165, 1.54) is 0 Å². The number of nitrogens with two attached hydrogens (primary N) is 1. The molecule has 0 aromatic carbocycles. The highest BCUT2D eigenvalue weighted by Crippen LogP contribution is 2.09. The van der Waals surface area contributed by atoms with Crippen LogP contribution in [0.25, 0.3) is 5.65 Å². The maximum Gasteiger partial charge on any atom is 0.180 e. The molecule has 2 aromatic heterocycles. The van der Waals surface area contributed by atoms with E-state index in [-0.39, 0.29) is 37.2 Å². The largest absolute Gasteiger partial charge is 0.381 e. The highest BCUT2D eigenvalue weighted by Gasteiger charge is 2.03. The molecule has 2 aromatic rings. The predicted octanol–water partition coefficient (Wildman–Crippen LogP) is 1.54. The van der Waals surface area contributed by atoms with Gasteiger partial charge in [0.25, 0.3) is 0 Å². The number of rotatable bonds is 2. The molecule has 2 heterocycles. The van der Waals surface area contributed by atoms with Crippen molar-refractivity contribution in [1.82, 2.24) is 19.7 Å². The van der Waals surface area contributed by atoms with Crippen LogP contribution in [0.3, 0.4) is 0 Å². The second-order valence-electron chi connectivity index (χ2n) is 3.30. The molecule has 0 fully saturated rings. The van der Waals surface area contributed by atoms with E-state index in [0.29, 0.717) is 11.5 Å². The van der Waals surface area contributed by atoms with Gasteiger partial charge in [0.2, 0.25) is 0 Å². The summed E-state index contributed by atoms with van der Waals surface area (Å²) in [6.45, 7) is 0.882. The van der Waals surface area contributed by atoms with Crippen LogP contribution in [0.2, 0.25) is 0 Å². The van der Waals surface area contributed by atoms with Crippen molar-refractivity contribution in [2.24, 2.45) is 0 Å². The third-order valence-electron chi connectivity index (χ3n) is 2.17. The number of halogens is 3. The van der Waals surface area contributed by atoms with Gasteiger partial charge in [0.1, 0.15) is 5.69 Å². The Hall–Kier alpha value is -1.19. The number of nitrogen functional groups attached to an aromatic ring is 1. The van der Waals surface area contributed by atoms with Crippen LogP contribution in [0, 0.1) is 11.8 Å². The van der Waals surface area contributed by atoms with E-state index in [9.17, 15) is 0 Å². The van der Waals surface area contributed by atoms with Crippen molar-refractivity contribution in [3.05, 3.63) is 24.3 Å². The van der Waals surface area contributed by atoms with Gasteiger partial charge in [0, 0.05) is 25.4 Å². The molecule has 0 atom stereocenters. The number of anilines is 1. The first-order valence-electron chi connectivity index (χ1n) is 5.04. The Labute approximate surface area is 130 Å². The summed E-state index contributed by atoms with van der Waals surface area (Å²) in [5.41, 5.74) is 7.18. The van der Waals surface area contributed by atoms with Gasteiger partial charge in [-0.3, -0.25) is 4.40 Å². The smallest absolute Gasteiger partial charge is 0.180 e. The zero-order chi connectivity index (χ0) is 11.4. The Kier molecular flexibility index (Phi) is 10.3. The van der Waals surface area contributed by atoms with Gasteiger partial charge in [-0.2, -0.15) is 0 Å². The molecular weight excluding hydrogens is 309 g/mol. The van der Waals surface area contributed by atoms with Gasteiger partial charge in [-0.05, 0) is 13.0 Å². The molecule has 5 nitrogen and oxygen atoms in total. The zero-order valence-electron chi connectivity index (χ0n) is 10.3. The third-order valence-corrected chi connectivity index (χ3v) is 2.17. The lowest BCUT2D eigenvalue weighted by Gasteiger charge is -1.96. The molecule has 0 bridgehead atoms. The lowest BCUT2D eigenvalue weighted by molar-refractivity contribution is 0.818. The van der Waals surface area contributed by atoms with Crippen LogP contribution in [0.4, 0.5) is 5.82 Å². The maximum absolute atomic E-state index is 5.69. The van der Waals surface area contributed by atoms with Crippen molar-refractivity contribution in [2.45, 2.75) is 6.42 Å². The first-order chi connectivity index (χ1) is 7.83. The molecule has 0 aliphatic rings. The number of fused-ring (bicyclic) bond motifs is 1. The quantitative estimate of drug-likeness (QED) is 0.649. The van der Waals surface area contributed by atoms with E-state index in [1.807, 2.05) is 11.4 Å². The van der Waals surface area contributed by atoms with Gasteiger partial charge >= 0.3 is 0 Å². The van der Waals surface area contributed by atoms with Crippen molar-refractivity contribution in [1.29, 1.82) is 0 Å². The molecule has 0 aliphatic carbocycles. The van der Waals surface area contributed by atoms with Gasteiger partial charge in [-0.15, -0.1) is 37.2 Å². The van der Waals surface area contributed by atoms with Gasteiger partial charge in [-0.1, -0.05) is 5.92 Å². The monoisotopic (exact) mass is 323 g/mol. The summed E-state index contributed by atoms with van der Waals surface area (Å²) in [6.07, 6.45) is 5.97. The molecule has 0 saturated heterocycles. The van der Waals surface area contributed by atoms with Crippen LogP contribution >= 0.6 is 37.2 Å². The van der Waals surface area contributed by atoms with Crippen molar-refractivity contribution < 1.29 is 0 Å². The van der Waals surface area contributed by atoms with Crippen LogP contribution < -0.4 is 11.1 Å². The summed E-state index contributed by atoms with van der Waals surface area (Å²) in [4.78, 5) is 8.14. The molecule has 19 heavy (non-hydrogen) atoms. The molecule has 0 radical (unpaired) electrons. The normalized spacial score (nSPS) is 8.47. The molecule has 106 valence electrons. The van der Waals surface area contributed by atoms with Crippen molar-refractivity contribution in [3.8, 4) is 11.8 Å². The molecule has 0 amide bonds. The van der Waals surface area contributed by atoms with E-state index in [0.717, 1.165) is 18.7 Å². The Bertz CT molecular complexity index is 558. The van der Waals surface area contributed by atoms with Crippen LogP contribution in [0.15, 0.2) is 18.6 Å². The van der Waals surface area contributed by atoms with Crippen molar-refractivity contribution in [3.63, 3.8) is 0 Å². The number of nitrogens with one attached hydrogen (secondary N) is 1. The van der Waals surface area contributed by atoms with Crippen LogP contribution in [-0.4, -0.2) is 28.0 Å². The minimum Gasteiger partial charge on any atom is -0.381 e. The molecule has 3 N–H and O–H groups in total. The highest BCUT2D eigenvalue weighted by atomic mass is 35.5. The van der Waals surface area contributed by atoms with Crippen LogP contribution in [0.5, 0.6) is 0 Å². The molecular formula is C11H16Cl3N5. The molecule has 2 rings (SSSR count). The van der Waals surface area contributed by atoms with E-state index < -0.39 is 0 Å². The third kappa shape index (κ3) is 4.77. The Morgan fingerprint density at radius 3 is 2.74 bits per heavy atom. The van der Waals surface area contributed by atoms with Gasteiger partial charge < -0.3 is 11.1 Å². The van der Waals surface area contributed by atoms with E-state index in [4.69, 9.17) is 5.73 Å². The van der Waals surface area contributed by atoms with Crippen LogP contribution in [0.1, 0.15) is 12.1 Å². The number of hydrogen-bond acceptors (Lipinski definition) is 4. The average molecular weight is 325 g/mol. The summed E-state index contributed by atoms with van der Waals surface area (Å²) >= 11 is 0. The van der Waals surface area contributed by atoms with Gasteiger partial charge in [0.15, 0.2) is 11.5 Å². The maximum atomic E-state index is 5.69. The molecule has 0 saturated carbocycles. The fourth-order valence-electron chi connectivity index (χ4n) is 1.37. The second kappa shape index (κ2) is 9.70. The molecule has 0 spiro atoms. The van der Waals surface area contributed by atoms with E-state index >= 15 is 0 Å². The zero-order valence-corrected chi connectivity index (χ0v) is 12.7. The second-order valence-corrected chi connectivity index (χ2v) is 3.30. The minimum absolute atomic E-state index is 0. The van der Waals surface area contributed by atoms with Crippen molar-refractivity contribution >= 4 is 48.7 Å². The number of nitrogens with zero attached hydrogens (tertiary/aromatic N) is 3. The first kappa shape index (κ1) is 20.1. The van der Waals surface area contributed by atoms with Crippen LogP contribution in [-0.2, 0) is 0 Å². The Balaban J connectivity index is 0. The lowest BCUT2D eigenvalue weighted by Crippen LogP contribution is -2.05. The summed E-state index contributed by atoms with van der Waals surface area (Å²) in [7, 11) is 1.91. The summed E-state index contributed by atoms with van der Waals surface area (Å²) in [5, 5.41) is 3.04. The molecule has 8 heteroatoms. The summed E-state index contributed by atoms with van der Waals surface area (Å²) in [5.74, 6) is 6.54. The molecule has 0 unspecified atom stereocenters. The van der Waals surface area contributed by atoms with E-state index in [2.05, 4.69) is 27.1 Å². The standard InChI is InChI=1S/C11H13N5.3ClH/c1-13-5-3-2-4-9-8-15-11-10(12)14-6-7-16(9)11;;;/h6-8,13H,3,5H2,1H3,(H2,12,14);3*1H.